The van der Waals surface area contributed by atoms with Crippen molar-refractivity contribution in [2.75, 3.05) is 7.11 Å². The molecule has 3 aromatic heterocycles. The minimum Gasteiger partial charge on any atom is -0.481 e. The van der Waals surface area contributed by atoms with E-state index in [1.807, 2.05) is 6.07 Å². The molecule has 0 spiro atoms. The number of sulfonamides is 1. The Balaban J connectivity index is 1.48. The molecular weight excluding hydrogens is 404 g/mol. The Morgan fingerprint density at radius 3 is 2.77 bits per heavy atom. The molecule has 0 atom stereocenters. The van der Waals surface area contributed by atoms with Crippen molar-refractivity contribution >= 4 is 21.4 Å². The number of amides is 1. The number of fused-ring (bicyclic) bond motifs is 1. The van der Waals surface area contributed by atoms with Gasteiger partial charge in [0, 0.05) is 18.0 Å². The second kappa shape index (κ2) is 6.80. The van der Waals surface area contributed by atoms with Crippen molar-refractivity contribution in [3.8, 4) is 5.88 Å². The highest BCUT2D eigenvalue weighted by molar-refractivity contribution is 7.90. The molecule has 0 aromatic carbocycles. The first kappa shape index (κ1) is 19.0. The van der Waals surface area contributed by atoms with E-state index in [2.05, 4.69) is 14.8 Å². The van der Waals surface area contributed by atoms with Gasteiger partial charge in [-0.25, -0.2) is 22.6 Å². The number of pyridine rings is 2. The Kier molecular flexibility index (Phi) is 4.32. The number of aromatic nitrogens is 3. The molecule has 2 saturated carbocycles. The Morgan fingerprint density at radius 1 is 1.30 bits per heavy atom. The van der Waals surface area contributed by atoms with Crippen LogP contribution >= 0.6 is 0 Å². The van der Waals surface area contributed by atoms with Gasteiger partial charge in [0.05, 0.1) is 24.2 Å². The zero-order valence-corrected chi connectivity index (χ0v) is 17.4. The van der Waals surface area contributed by atoms with Crippen LogP contribution in [0.5, 0.6) is 5.88 Å². The first-order chi connectivity index (χ1) is 14.4. The normalized spacial score (nSPS) is 18.0. The molecule has 2 aliphatic carbocycles. The highest BCUT2D eigenvalue weighted by Gasteiger charge is 2.54. The third kappa shape index (κ3) is 2.96. The lowest BCUT2D eigenvalue weighted by Gasteiger charge is -2.27. The van der Waals surface area contributed by atoms with Crippen molar-refractivity contribution in [2.24, 2.45) is 0 Å². The number of nitrogens with zero attached hydrogens (tertiary/aromatic N) is 3. The van der Waals surface area contributed by atoms with Crippen LogP contribution in [0.3, 0.4) is 0 Å². The highest BCUT2D eigenvalue weighted by Crippen LogP contribution is 2.52. The van der Waals surface area contributed by atoms with E-state index in [9.17, 15) is 13.2 Å². The molecular formula is C21H22N4O4S. The van der Waals surface area contributed by atoms with Gasteiger partial charge in [-0.1, -0.05) is 6.42 Å². The first-order valence-electron chi connectivity index (χ1n) is 9.99. The predicted molar refractivity (Wildman–Crippen MR) is 109 cm³/mol. The molecule has 0 unspecified atom stereocenters. The summed E-state index contributed by atoms with van der Waals surface area (Å²) in [4.78, 5) is 17.7. The van der Waals surface area contributed by atoms with Gasteiger partial charge >= 0.3 is 0 Å². The smallest absolute Gasteiger partial charge is 0.266 e. The lowest BCUT2D eigenvalue weighted by atomic mass is 9.79. The van der Waals surface area contributed by atoms with Crippen molar-refractivity contribution in [3.05, 3.63) is 54.0 Å². The van der Waals surface area contributed by atoms with Gasteiger partial charge < -0.3 is 4.74 Å². The summed E-state index contributed by atoms with van der Waals surface area (Å²) in [7, 11) is -2.55. The summed E-state index contributed by atoms with van der Waals surface area (Å²) in [5.74, 6) is 0.278. The molecule has 2 fully saturated rings. The van der Waals surface area contributed by atoms with E-state index >= 15 is 0 Å². The van der Waals surface area contributed by atoms with Crippen LogP contribution in [0.1, 0.15) is 49.1 Å². The average molecular weight is 426 g/mol. The van der Waals surface area contributed by atoms with Crippen LogP contribution in [0.15, 0.2) is 47.8 Å². The lowest BCUT2D eigenvalue weighted by molar-refractivity contribution is -0.121. The maximum Gasteiger partial charge on any atom is 0.266 e. The fourth-order valence-corrected chi connectivity index (χ4v) is 5.35. The van der Waals surface area contributed by atoms with Crippen LogP contribution in [0.25, 0.3) is 5.52 Å². The fourth-order valence-electron chi connectivity index (χ4n) is 4.11. The Bertz CT molecular complexity index is 1240. The molecule has 0 bridgehead atoms. The molecule has 9 heteroatoms. The van der Waals surface area contributed by atoms with Crippen molar-refractivity contribution in [3.63, 3.8) is 0 Å². The van der Waals surface area contributed by atoms with E-state index in [1.165, 1.54) is 30.3 Å². The molecule has 3 aromatic rings. The maximum atomic E-state index is 13.2. The number of hydrogen-bond acceptors (Lipinski definition) is 6. The summed E-state index contributed by atoms with van der Waals surface area (Å²) in [5.41, 5.74) is 1.23. The minimum absolute atomic E-state index is 0.0139. The SMILES string of the molecule is COc1ncc(C2CCC2)cc1C1(C(=O)NS(=O)(=O)c2cccn3nccc23)CC1. The number of carbonyl (C=O) groups is 1. The maximum absolute atomic E-state index is 13.2. The Morgan fingerprint density at radius 2 is 2.10 bits per heavy atom. The largest absolute Gasteiger partial charge is 0.481 e. The topological polar surface area (TPSA) is 103 Å². The van der Waals surface area contributed by atoms with E-state index < -0.39 is 21.3 Å². The number of ether oxygens (including phenoxy) is 1. The summed E-state index contributed by atoms with van der Waals surface area (Å²) in [6.07, 6.45) is 9.48. The van der Waals surface area contributed by atoms with Crippen LogP contribution in [0.4, 0.5) is 0 Å². The van der Waals surface area contributed by atoms with E-state index in [1.54, 1.807) is 24.5 Å². The van der Waals surface area contributed by atoms with Crippen molar-refractivity contribution in [1.82, 2.24) is 19.3 Å². The van der Waals surface area contributed by atoms with E-state index in [4.69, 9.17) is 4.74 Å². The third-order valence-electron chi connectivity index (χ3n) is 6.26. The van der Waals surface area contributed by atoms with Crippen LogP contribution in [-0.2, 0) is 20.2 Å². The van der Waals surface area contributed by atoms with Crippen molar-refractivity contribution in [1.29, 1.82) is 0 Å². The van der Waals surface area contributed by atoms with Gasteiger partial charge in [0.2, 0.25) is 11.8 Å². The molecule has 8 nitrogen and oxygen atoms in total. The summed E-state index contributed by atoms with van der Waals surface area (Å²) in [6.45, 7) is 0. The minimum atomic E-state index is -4.07. The zero-order valence-electron chi connectivity index (χ0n) is 16.5. The standard InChI is InChI=1S/C21H22N4O4S/c1-29-19-16(12-15(13-22-19)14-4-2-5-14)21(8-9-21)20(26)24-30(27,28)18-6-3-11-25-17(18)7-10-23-25/h3,6-7,10-14H,2,4-5,8-9H2,1H3,(H,24,26). The quantitative estimate of drug-likeness (QED) is 0.650. The van der Waals surface area contributed by atoms with Gasteiger partial charge in [0.15, 0.2) is 0 Å². The fraction of sp³-hybridized carbons (Fsp3) is 0.381. The number of methoxy groups -OCH3 is 1. The van der Waals surface area contributed by atoms with E-state index in [0.29, 0.717) is 35.7 Å². The van der Waals surface area contributed by atoms with Gasteiger partial charge in [0.25, 0.3) is 10.0 Å². The molecule has 3 heterocycles. The molecule has 2 aliphatic rings. The van der Waals surface area contributed by atoms with Gasteiger partial charge in [-0.15, -0.1) is 0 Å². The summed E-state index contributed by atoms with van der Waals surface area (Å²) in [6, 6.07) is 6.63. The summed E-state index contributed by atoms with van der Waals surface area (Å²) >= 11 is 0. The van der Waals surface area contributed by atoms with Gasteiger partial charge in [-0.3, -0.25) is 4.79 Å². The molecule has 5 rings (SSSR count). The van der Waals surface area contributed by atoms with E-state index in [-0.39, 0.29) is 4.90 Å². The van der Waals surface area contributed by atoms with Gasteiger partial charge in [-0.05, 0) is 61.4 Å². The zero-order chi connectivity index (χ0) is 20.9. The molecule has 0 aliphatic heterocycles. The van der Waals surface area contributed by atoms with Crippen molar-refractivity contribution < 1.29 is 17.9 Å². The number of nitrogens with one attached hydrogen (secondary N) is 1. The lowest BCUT2D eigenvalue weighted by Crippen LogP contribution is -2.39. The van der Waals surface area contributed by atoms with Gasteiger partial charge in [0.1, 0.15) is 4.90 Å². The van der Waals surface area contributed by atoms with E-state index in [0.717, 1.165) is 18.4 Å². The summed E-state index contributed by atoms with van der Waals surface area (Å²) in [5, 5.41) is 4.06. The highest BCUT2D eigenvalue weighted by atomic mass is 32.2. The molecule has 1 N–H and O–H groups in total. The Labute approximate surface area is 174 Å². The predicted octanol–water partition coefficient (Wildman–Crippen LogP) is 2.54. The number of hydrogen-bond donors (Lipinski definition) is 1. The molecule has 1 amide bonds. The molecule has 156 valence electrons. The molecule has 0 radical (unpaired) electrons. The van der Waals surface area contributed by atoms with Crippen LogP contribution in [0.2, 0.25) is 0 Å². The Hall–Kier alpha value is -2.94. The monoisotopic (exact) mass is 426 g/mol. The second-order valence-electron chi connectivity index (χ2n) is 8.00. The van der Waals surface area contributed by atoms with Crippen LogP contribution < -0.4 is 9.46 Å². The average Bonchev–Trinajstić information content (AvgIpc) is 3.36. The number of carbonyl (C=O) groups excluding carboxylic acids is 1. The van der Waals surface area contributed by atoms with Crippen molar-refractivity contribution in [2.45, 2.75) is 48.3 Å². The molecule has 0 saturated heterocycles. The summed E-state index contributed by atoms with van der Waals surface area (Å²) < 4.78 is 35.2. The third-order valence-corrected chi connectivity index (χ3v) is 7.63. The van der Waals surface area contributed by atoms with Gasteiger partial charge in [-0.2, -0.15) is 5.10 Å². The molecule has 30 heavy (non-hydrogen) atoms. The first-order valence-corrected chi connectivity index (χ1v) is 11.5. The van der Waals surface area contributed by atoms with Crippen LogP contribution in [0, 0.1) is 0 Å². The second-order valence-corrected chi connectivity index (χ2v) is 9.65. The van der Waals surface area contributed by atoms with Crippen LogP contribution in [-0.4, -0.2) is 36.0 Å². The number of rotatable bonds is 6.